The van der Waals surface area contributed by atoms with E-state index in [4.69, 9.17) is 5.73 Å². The van der Waals surface area contributed by atoms with E-state index in [9.17, 15) is 26.4 Å². The first-order valence-electron chi connectivity index (χ1n) is 14.8. The van der Waals surface area contributed by atoms with Gasteiger partial charge in [0.15, 0.2) is 0 Å². The first kappa shape index (κ1) is 33.3. The van der Waals surface area contributed by atoms with Crippen LogP contribution in [0.2, 0.25) is 0 Å². The van der Waals surface area contributed by atoms with E-state index in [1.54, 1.807) is 25.1 Å². The lowest BCUT2D eigenvalue weighted by Gasteiger charge is -2.40. The smallest absolute Gasteiger partial charge is 0.243 e. The molecule has 1 fully saturated rings. The molecule has 46 heavy (non-hydrogen) atoms. The van der Waals surface area contributed by atoms with Gasteiger partial charge < -0.3 is 16.4 Å². The minimum absolute atomic E-state index is 0.0601. The summed E-state index contributed by atoms with van der Waals surface area (Å²) in [5.74, 6) is -4.76. The summed E-state index contributed by atoms with van der Waals surface area (Å²) in [6.07, 6.45) is 0.313. The highest BCUT2D eigenvalue weighted by Gasteiger charge is 2.38. The van der Waals surface area contributed by atoms with Gasteiger partial charge in [-0.1, -0.05) is 36.4 Å². The van der Waals surface area contributed by atoms with Crippen LogP contribution in [0.3, 0.4) is 0 Å². The number of carbonyl (C=O) groups excluding carboxylic acids is 1. The summed E-state index contributed by atoms with van der Waals surface area (Å²) in [5.41, 5.74) is 7.07. The van der Waals surface area contributed by atoms with Crippen molar-refractivity contribution in [3.63, 3.8) is 0 Å². The zero-order valence-corrected chi connectivity index (χ0v) is 25.8. The number of piperazine rings is 1. The minimum Gasteiger partial charge on any atom is -0.324 e. The van der Waals surface area contributed by atoms with Crippen LogP contribution in [0.5, 0.6) is 0 Å². The Morgan fingerprint density at radius 1 is 0.891 bits per heavy atom. The number of nitrogens with one attached hydrogen (secondary N) is 2. The van der Waals surface area contributed by atoms with Gasteiger partial charge in [-0.3, -0.25) is 4.79 Å². The lowest BCUT2D eigenvalue weighted by Crippen LogP contribution is -2.58. The highest BCUT2D eigenvalue weighted by molar-refractivity contribution is 7.89. The van der Waals surface area contributed by atoms with Crippen molar-refractivity contribution in [2.24, 2.45) is 5.73 Å². The molecule has 1 aliphatic heterocycles. The van der Waals surface area contributed by atoms with Gasteiger partial charge in [-0.2, -0.15) is 4.31 Å². The van der Waals surface area contributed by atoms with Gasteiger partial charge in [0.2, 0.25) is 15.9 Å². The number of halogens is 4. The predicted octanol–water partition coefficient (Wildman–Crippen LogP) is 5.32. The molecule has 242 valence electrons. The Bertz CT molecular complexity index is 1770. The van der Waals surface area contributed by atoms with Crippen LogP contribution >= 0.6 is 0 Å². The zero-order chi connectivity index (χ0) is 33.0. The average molecular weight is 655 g/mol. The van der Waals surface area contributed by atoms with Gasteiger partial charge in [-0.15, -0.1) is 0 Å². The molecule has 0 aromatic heterocycles. The standard InChI is InChI=1S/C34H34F4N4O3S/c1-21-19-40-20-27(42(21)46(44,45)28-6-3-2-4-7-28)14-15-29-30(38)8-5-9-31(29)41-34(43)33(39)32(22-10-12-24(35)13-11-22)23-16-25(36)18-26(37)17-23/h2-13,16-18,21,27,32-33,40H,14-15,19-20,39H2,1H3,(H,41,43)/t21-,27-,32-,33-/m0/s1. The number of hydrogen-bond acceptors (Lipinski definition) is 5. The molecule has 0 bridgehead atoms. The van der Waals surface area contributed by atoms with E-state index in [0.29, 0.717) is 24.7 Å². The van der Waals surface area contributed by atoms with Crippen LogP contribution in [-0.2, 0) is 21.2 Å². The Morgan fingerprint density at radius 2 is 1.57 bits per heavy atom. The molecule has 5 rings (SSSR count). The number of nitrogens with two attached hydrogens (primary N) is 1. The normalized spacial score (nSPS) is 18.6. The van der Waals surface area contributed by atoms with Crippen molar-refractivity contribution in [2.45, 2.75) is 48.7 Å². The third kappa shape index (κ3) is 7.31. The molecule has 0 spiro atoms. The molecule has 1 heterocycles. The summed E-state index contributed by atoms with van der Waals surface area (Å²) in [4.78, 5) is 13.7. The molecular weight excluding hydrogens is 620 g/mol. The first-order valence-corrected chi connectivity index (χ1v) is 16.2. The topological polar surface area (TPSA) is 105 Å². The maximum atomic E-state index is 15.3. The molecule has 4 aromatic carbocycles. The highest BCUT2D eigenvalue weighted by atomic mass is 32.2. The number of amides is 1. The Hall–Kier alpha value is -4.10. The number of nitrogens with zero attached hydrogens (tertiary/aromatic N) is 1. The molecular formula is C34H34F4N4O3S. The van der Waals surface area contributed by atoms with Crippen LogP contribution in [0.1, 0.15) is 36.0 Å². The molecule has 7 nitrogen and oxygen atoms in total. The SMILES string of the molecule is C[C@H]1CNC[C@H](CCc2c(F)cccc2NC(=O)[C@@H](N)[C@@H](c2ccc(F)cc2)c2cc(F)cc(F)c2)N1S(=O)(=O)c1ccccc1. The molecule has 1 saturated heterocycles. The van der Waals surface area contributed by atoms with Crippen LogP contribution in [0.25, 0.3) is 0 Å². The highest BCUT2D eigenvalue weighted by Crippen LogP contribution is 2.31. The summed E-state index contributed by atoms with van der Waals surface area (Å²) < 4.78 is 86.1. The molecule has 0 saturated carbocycles. The Balaban J connectivity index is 1.39. The molecule has 0 radical (unpaired) electrons. The van der Waals surface area contributed by atoms with Crippen LogP contribution in [0, 0.1) is 23.3 Å². The fourth-order valence-electron chi connectivity index (χ4n) is 6.02. The van der Waals surface area contributed by atoms with Gasteiger partial charge in [0.1, 0.15) is 23.3 Å². The third-order valence-corrected chi connectivity index (χ3v) is 10.3. The summed E-state index contributed by atoms with van der Waals surface area (Å²) >= 11 is 0. The van der Waals surface area contributed by atoms with E-state index in [0.717, 1.165) is 24.3 Å². The Labute approximate surface area is 265 Å². The second-order valence-corrected chi connectivity index (χ2v) is 13.2. The van der Waals surface area contributed by atoms with Gasteiger partial charge in [0.05, 0.1) is 10.9 Å². The number of hydrogen-bond donors (Lipinski definition) is 3. The van der Waals surface area contributed by atoms with Crippen molar-refractivity contribution in [1.29, 1.82) is 0 Å². The molecule has 4 aromatic rings. The van der Waals surface area contributed by atoms with Gasteiger partial charge in [-0.05, 0) is 79.4 Å². The fraction of sp³-hybridized carbons (Fsp3) is 0.265. The summed E-state index contributed by atoms with van der Waals surface area (Å²) in [5, 5.41) is 5.91. The van der Waals surface area contributed by atoms with Crippen LogP contribution in [0.15, 0.2) is 95.9 Å². The van der Waals surface area contributed by atoms with Crippen LogP contribution in [0.4, 0.5) is 23.2 Å². The largest absolute Gasteiger partial charge is 0.324 e. The van der Waals surface area contributed by atoms with Gasteiger partial charge in [0, 0.05) is 48.4 Å². The average Bonchev–Trinajstić information content (AvgIpc) is 3.01. The molecule has 0 aliphatic carbocycles. The lowest BCUT2D eigenvalue weighted by atomic mass is 9.84. The number of sulfonamides is 1. The molecule has 4 N–H and O–H groups in total. The van der Waals surface area contributed by atoms with E-state index in [1.807, 2.05) is 0 Å². The van der Waals surface area contributed by atoms with E-state index >= 15 is 4.39 Å². The zero-order valence-electron chi connectivity index (χ0n) is 25.0. The lowest BCUT2D eigenvalue weighted by molar-refractivity contribution is -0.117. The van der Waals surface area contributed by atoms with Crippen molar-refractivity contribution in [1.82, 2.24) is 9.62 Å². The minimum atomic E-state index is -3.85. The number of rotatable bonds is 10. The van der Waals surface area contributed by atoms with Crippen LogP contribution in [-0.4, -0.2) is 49.8 Å². The molecule has 1 aliphatic rings. The van der Waals surface area contributed by atoms with Crippen molar-refractivity contribution in [3.8, 4) is 0 Å². The van der Waals surface area contributed by atoms with E-state index in [2.05, 4.69) is 10.6 Å². The predicted molar refractivity (Wildman–Crippen MR) is 168 cm³/mol. The van der Waals surface area contributed by atoms with E-state index in [-0.39, 0.29) is 40.6 Å². The summed E-state index contributed by atoms with van der Waals surface area (Å²) in [6, 6.07) is 17.8. The number of anilines is 1. The van der Waals surface area contributed by atoms with Gasteiger partial charge >= 0.3 is 0 Å². The van der Waals surface area contributed by atoms with Crippen LogP contribution < -0.4 is 16.4 Å². The maximum Gasteiger partial charge on any atom is 0.243 e. The van der Waals surface area contributed by atoms with Gasteiger partial charge in [0.25, 0.3) is 0 Å². The number of benzene rings is 4. The second kappa shape index (κ2) is 14.1. The Kier molecular flexibility index (Phi) is 10.2. The van der Waals surface area contributed by atoms with Crippen molar-refractivity contribution in [3.05, 3.63) is 131 Å². The third-order valence-electron chi connectivity index (χ3n) is 8.17. The van der Waals surface area contributed by atoms with Crippen molar-refractivity contribution >= 4 is 21.6 Å². The number of carbonyl (C=O) groups is 1. The fourth-order valence-corrected chi connectivity index (χ4v) is 7.88. The Morgan fingerprint density at radius 3 is 2.24 bits per heavy atom. The monoisotopic (exact) mass is 654 g/mol. The molecule has 12 heteroatoms. The quantitative estimate of drug-likeness (QED) is 0.201. The summed E-state index contributed by atoms with van der Waals surface area (Å²) in [6.45, 7) is 2.60. The van der Waals surface area contributed by atoms with Crippen molar-refractivity contribution < 1.29 is 30.8 Å². The summed E-state index contributed by atoms with van der Waals surface area (Å²) in [7, 11) is -3.85. The van der Waals surface area contributed by atoms with E-state index < -0.39 is 57.2 Å². The first-order chi connectivity index (χ1) is 22.0. The molecule has 4 atom stereocenters. The van der Waals surface area contributed by atoms with Gasteiger partial charge in [-0.25, -0.2) is 26.0 Å². The van der Waals surface area contributed by atoms with Crippen molar-refractivity contribution in [2.75, 3.05) is 18.4 Å². The molecule has 0 unspecified atom stereocenters. The van der Waals surface area contributed by atoms with E-state index in [1.165, 1.54) is 46.8 Å². The maximum absolute atomic E-state index is 15.3. The second-order valence-electron chi connectivity index (χ2n) is 11.4. The molecule has 1 amide bonds.